The van der Waals surface area contributed by atoms with Crippen LogP contribution in [0.15, 0.2) is 11.1 Å². The second-order valence-corrected chi connectivity index (χ2v) is 9.08. The van der Waals surface area contributed by atoms with Crippen molar-refractivity contribution in [2.45, 2.75) is 65.5 Å². The SMILES string of the molecule is CCCn1cnc2sc(C(=O)N[C@@H](C)[C@@H]3C[C@H]4CC[C@H]3C4)c(C)c2c1=O. The predicted molar refractivity (Wildman–Crippen MR) is 105 cm³/mol. The molecule has 6 heteroatoms. The number of amides is 1. The fraction of sp³-hybridized carbons (Fsp3) is 0.650. The molecule has 2 aromatic heterocycles. The minimum Gasteiger partial charge on any atom is -0.349 e. The molecule has 1 amide bonds. The van der Waals surface area contributed by atoms with Crippen LogP contribution in [0.3, 0.4) is 0 Å². The standard InChI is InChI=1S/C20H27N3O2S/c1-4-7-23-10-21-19-16(20(23)25)11(2)17(26-19)18(24)22-12(3)15-9-13-5-6-14(15)8-13/h10,12-15H,4-9H2,1-3H3,(H,22,24)/t12-,13-,14-,15-/m0/s1. The number of aryl methyl sites for hydroxylation is 2. The average Bonchev–Trinajstić information content (AvgIpc) is 3.32. The van der Waals surface area contributed by atoms with Crippen LogP contribution in [-0.4, -0.2) is 21.5 Å². The molecular formula is C20H27N3O2S. The second-order valence-electron chi connectivity index (χ2n) is 8.08. The zero-order valence-corrected chi connectivity index (χ0v) is 16.6. The van der Waals surface area contributed by atoms with Crippen molar-refractivity contribution in [2.24, 2.45) is 17.8 Å². The topological polar surface area (TPSA) is 64.0 Å². The smallest absolute Gasteiger partial charge is 0.262 e. The molecule has 1 N–H and O–H groups in total. The van der Waals surface area contributed by atoms with Crippen LogP contribution in [0.1, 0.15) is 61.2 Å². The minimum absolute atomic E-state index is 0.0363. The van der Waals surface area contributed by atoms with Gasteiger partial charge in [-0.3, -0.25) is 14.2 Å². The lowest BCUT2D eigenvalue weighted by molar-refractivity contribution is 0.0919. The van der Waals surface area contributed by atoms with Gasteiger partial charge in [0.2, 0.25) is 0 Å². The summed E-state index contributed by atoms with van der Waals surface area (Å²) < 4.78 is 1.64. The summed E-state index contributed by atoms with van der Waals surface area (Å²) in [7, 11) is 0. The normalized spacial score (nSPS) is 25.7. The largest absolute Gasteiger partial charge is 0.349 e. The van der Waals surface area contributed by atoms with Gasteiger partial charge >= 0.3 is 0 Å². The number of carbonyl (C=O) groups excluding carboxylic acids is 1. The third kappa shape index (κ3) is 2.88. The zero-order chi connectivity index (χ0) is 18.4. The molecule has 4 rings (SSSR count). The summed E-state index contributed by atoms with van der Waals surface area (Å²) in [5, 5.41) is 3.82. The maximum absolute atomic E-state index is 12.9. The van der Waals surface area contributed by atoms with Gasteiger partial charge in [-0.25, -0.2) is 4.98 Å². The van der Waals surface area contributed by atoms with E-state index in [2.05, 4.69) is 17.2 Å². The minimum atomic E-state index is -0.0535. The van der Waals surface area contributed by atoms with Crippen molar-refractivity contribution in [1.82, 2.24) is 14.9 Å². The van der Waals surface area contributed by atoms with E-state index in [0.29, 0.717) is 27.6 Å². The second kappa shape index (κ2) is 6.80. The Morgan fingerprint density at radius 2 is 2.23 bits per heavy atom. The molecule has 0 aliphatic heterocycles. The maximum Gasteiger partial charge on any atom is 0.262 e. The Morgan fingerprint density at radius 3 is 2.88 bits per heavy atom. The molecule has 2 heterocycles. The van der Waals surface area contributed by atoms with Crippen LogP contribution >= 0.6 is 11.3 Å². The van der Waals surface area contributed by atoms with Crippen molar-refractivity contribution < 1.29 is 4.79 Å². The van der Waals surface area contributed by atoms with E-state index in [0.717, 1.165) is 23.8 Å². The van der Waals surface area contributed by atoms with Crippen molar-refractivity contribution in [1.29, 1.82) is 0 Å². The van der Waals surface area contributed by atoms with E-state index in [1.54, 1.807) is 10.9 Å². The fourth-order valence-corrected chi connectivity index (χ4v) is 6.10. The number of thiophene rings is 1. The van der Waals surface area contributed by atoms with E-state index in [1.807, 2.05) is 13.8 Å². The summed E-state index contributed by atoms with van der Waals surface area (Å²) >= 11 is 1.34. The van der Waals surface area contributed by atoms with Crippen LogP contribution in [0.4, 0.5) is 0 Å². The number of fused-ring (bicyclic) bond motifs is 3. The van der Waals surface area contributed by atoms with Crippen LogP contribution in [0.25, 0.3) is 10.2 Å². The fourth-order valence-electron chi connectivity index (χ4n) is 5.06. The molecule has 5 nitrogen and oxygen atoms in total. The Kier molecular flexibility index (Phi) is 4.63. The monoisotopic (exact) mass is 373 g/mol. The first-order chi connectivity index (χ1) is 12.5. The van der Waals surface area contributed by atoms with Crippen molar-refractivity contribution >= 4 is 27.5 Å². The Hall–Kier alpha value is -1.69. The number of rotatable bonds is 5. The van der Waals surface area contributed by atoms with Crippen LogP contribution < -0.4 is 10.9 Å². The molecule has 140 valence electrons. The van der Waals surface area contributed by atoms with Gasteiger partial charge in [0.05, 0.1) is 16.6 Å². The first kappa shape index (κ1) is 17.7. The highest BCUT2D eigenvalue weighted by atomic mass is 32.1. The molecule has 0 unspecified atom stereocenters. The van der Waals surface area contributed by atoms with E-state index in [-0.39, 0.29) is 17.5 Å². The molecule has 2 aliphatic rings. The third-order valence-electron chi connectivity index (χ3n) is 6.38. The molecule has 2 bridgehead atoms. The molecule has 2 aliphatic carbocycles. The van der Waals surface area contributed by atoms with Crippen molar-refractivity contribution in [3.8, 4) is 0 Å². The van der Waals surface area contributed by atoms with Gasteiger partial charge in [-0.05, 0) is 62.8 Å². The van der Waals surface area contributed by atoms with Crippen molar-refractivity contribution in [3.05, 3.63) is 27.1 Å². The Morgan fingerprint density at radius 1 is 1.42 bits per heavy atom. The molecule has 0 spiro atoms. The number of nitrogens with one attached hydrogen (secondary N) is 1. The van der Waals surface area contributed by atoms with Gasteiger partial charge in [-0.15, -0.1) is 11.3 Å². The Balaban J connectivity index is 1.58. The molecule has 2 saturated carbocycles. The number of carbonyl (C=O) groups is 1. The van der Waals surface area contributed by atoms with Gasteiger partial charge < -0.3 is 5.32 Å². The number of aromatic nitrogens is 2. The summed E-state index contributed by atoms with van der Waals surface area (Å²) in [6, 6.07) is 0.187. The average molecular weight is 374 g/mol. The van der Waals surface area contributed by atoms with Crippen molar-refractivity contribution in [3.63, 3.8) is 0 Å². The third-order valence-corrected chi connectivity index (χ3v) is 7.58. The van der Waals surface area contributed by atoms with Crippen LogP contribution in [0, 0.1) is 24.7 Å². The van der Waals surface area contributed by atoms with Gasteiger partial charge in [0.15, 0.2) is 0 Å². The highest BCUT2D eigenvalue weighted by Crippen LogP contribution is 2.49. The van der Waals surface area contributed by atoms with E-state index in [1.165, 1.54) is 37.0 Å². The lowest BCUT2D eigenvalue weighted by Crippen LogP contribution is -2.40. The highest BCUT2D eigenvalue weighted by molar-refractivity contribution is 7.20. The van der Waals surface area contributed by atoms with E-state index in [9.17, 15) is 9.59 Å². The molecule has 2 fully saturated rings. The molecule has 0 saturated heterocycles. The van der Waals surface area contributed by atoms with Crippen LogP contribution in [-0.2, 0) is 6.54 Å². The Labute approximate surface area is 157 Å². The van der Waals surface area contributed by atoms with Gasteiger partial charge in [-0.2, -0.15) is 0 Å². The number of hydrogen-bond acceptors (Lipinski definition) is 4. The van der Waals surface area contributed by atoms with E-state index >= 15 is 0 Å². The summed E-state index contributed by atoms with van der Waals surface area (Å²) in [5.41, 5.74) is 0.733. The molecule has 0 aromatic carbocycles. The van der Waals surface area contributed by atoms with Gasteiger partial charge in [0.1, 0.15) is 4.83 Å². The molecular weight excluding hydrogens is 346 g/mol. The number of hydrogen-bond donors (Lipinski definition) is 1. The van der Waals surface area contributed by atoms with Gasteiger partial charge in [0, 0.05) is 12.6 Å². The first-order valence-electron chi connectivity index (χ1n) is 9.79. The lowest BCUT2D eigenvalue weighted by Gasteiger charge is -2.28. The molecule has 4 atom stereocenters. The van der Waals surface area contributed by atoms with E-state index in [4.69, 9.17) is 0 Å². The highest BCUT2D eigenvalue weighted by Gasteiger charge is 2.42. The number of nitrogens with zero attached hydrogens (tertiary/aromatic N) is 2. The Bertz CT molecular complexity index is 900. The quantitative estimate of drug-likeness (QED) is 0.868. The van der Waals surface area contributed by atoms with Crippen LogP contribution in [0.5, 0.6) is 0 Å². The van der Waals surface area contributed by atoms with Crippen LogP contribution in [0.2, 0.25) is 0 Å². The summed E-state index contributed by atoms with van der Waals surface area (Å²) in [4.78, 5) is 31.3. The summed E-state index contributed by atoms with van der Waals surface area (Å²) in [6.07, 6.45) is 7.76. The lowest BCUT2D eigenvalue weighted by atomic mass is 9.84. The zero-order valence-electron chi connectivity index (χ0n) is 15.7. The molecule has 2 aromatic rings. The van der Waals surface area contributed by atoms with Gasteiger partial charge in [-0.1, -0.05) is 13.3 Å². The molecule has 0 radical (unpaired) electrons. The predicted octanol–water partition coefficient (Wildman–Crippen LogP) is 3.73. The van der Waals surface area contributed by atoms with E-state index < -0.39 is 0 Å². The first-order valence-corrected chi connectivity index (χ1v) is 10.6. The molecule has 26 heavy (non-hydrogen) atoms. The maximum atomic E-state index is 12.9. The summed E-state index contributed by atoms with van der Waals surface area (Å²) in [5.74, 6) is 2.20. The summed E-state index contributed by atoms with van der Waals surface area (Å²) in [6.45, 7) is 6.70. The van der Waals surface area contributed by atoms with Gasteiger partial charge in [0.25, 0.3) is 11.5 Å². The van der Waals surface area contributed by atoms with Crippen molar-refractivity contribution in [2.75, 3.05) is 0 Å².